The molecule has 53 heavy (non-hydrogen) atoms. The third-order valence-corrected chi connectivity index (χ3v) is 7.70. The fourth-order valence-electron chi connectivity index (χ4n) is 4.91. The zero-order valence-corrected chi connectivity index (χ0v) is 31.6. The maximum Gasteiger partial charge on any atom is 0.224 e. The van der Waals surface area contributed by atoms with Crippen molar-refractivity contribution in [1.29, 1.82) is 0 Å². The second-order valence-electron chi connectivity index (χ2n) is 12.4. The number of nitrogens with two attached hydrogens (primary N) is 1. The van der Waals surface area contributed by atoms with Crippen molar-refractivity contribution in [3.05, 3.63) is 10.4 Å². The van der Waals surface area contributed by atoms with Gasteiger partial charge in [-0.15, -0.1) is 0 Å². The first-order valence-corrected chi connectivity index (χ1v) is 18.6. The molecule has 0 fully saturated rings. The van der Waals surface area contributed by atoms with Crippen LogP contribution in [0.5, 0.6) is 0 Å². The number of rotatable bonds is 35. The Hall–Kier alpha value is -4.16. The third-order valence-electron chi connectivity index (χ3n) is 7.70. The van der Waals surface area contributed by atoms with Gasteiger partial charge in [-0.2, -0.15) is 0 Å². The normalized spacial score (nSPS) is 11.8. The lowest BCUT2D eigenvalue weighted by molar-refractivity contribution is -0.135. The average Bonchev–Trinajstić information content (AvgIpc) is 3.12. The average molecular weight is 754 g/mol. The number of hydrogen-bond acceptors (Lipinski definition) is 12. The van der Waals surface area contributed by atoms with Gasteiger partial charge in [-0.25, -0.2) is 0 Å². The summed E-state index contributed by atoms with van der Waals surface area (Å²) in [6.07, 6.45) is 3.88. The minimum absolute atomic E-state index is 0.0424. The first-order chi connectivity index (χ1) is 25.5. The van der Waals surface area contributed by atoms with E-state index in [9.17, 15) is 33.6 Å². The van der Waals surface area contributed by atoms with Crippen molar-refractivity contribution in [2.24, 2.45) is 16.8 Å². The summed E-state index contributed by atoms with van der Waals surface area (Å²) in [6, 6.07) is -1.19. The number of hydrogen-bond donors (Lipinski definition) is 8. The van der Waals surface area contributed by atoms with Crippen LogP contribution < -0.4 is 43.0 Å². The van der Waals surface area contributed by atoms with Gasteiger partial charge in [-0.3, -0.25) is 33.6 Å². The monoisotopic (exact) mass is 753 g/mol. The molecular weight excluding hydrogens is 690 g/mol. The third kappa shape index (κ3) is 30.0. The largest absolute Gasteiger partial charge is 0.381 e. The van der Waals surface area contributed by atoms with Crippen LogP contribution in [-0.2, 0) is 38.3 Å². The van der Waals surface area contributed by atoms with E-state index in [1.165, 1.54) is 6.92 Å². The lowest BCUT2D eigenvalue weighted by Gasteiger charge is -2.21. The van der Waals surface area contributed by atoms with Crippen molar-refractivity contribution in [2.45, 2.75) is 90.5 Å². The van der Waals surface area contributed by atoms with Crippen LogP contribution in [0.15, 0.2) is 5.11 Å². The SMILES string of the molecule is CCCCCCNC(=O)C(CC(=O)NCCNCCN)CC(=O)C(CC(=O)NCCNCCNC(=O)CCC(=O)CCCOCCN=[N+]=[N-])NC(C)=O. The van der Waals surface area contributed by atoms with E-state index < -0.39 is 41.4 Å². The van der Waals surface area contributed by atoms with E-state index in [4.69, 9.17) is 16.0 Å². The van der Waals surface area contributed by atoms with Crippen LogP contribution in [-0.4, -0.2) is 126 Å². The van der Waals surface area contributed by atoms with Crippen LogP contribution in [0.3, 0.4) is 0 Å². The van der Waals surface area contributed by atoms with Crippen LogP contribution in [0.25, 0.3) is 10.4 Å². The molecule has 0 aromatic heterocycles. The van der Waals surface area contributed by atoms with Crippen molar-refractivity contribution < 1.29 is 38.3 Å². The molecule has 0 aliphatic carbocycles. The number of carbonyl (C=O) groups is 7. The Bertz CT molecular complexity index is 1150. The Morgan fingerprint density at radius 3 is 1.96 bits per heavy atom. The molecule has 0 spiro atoms. The second kappa shape index (κ2) is 33.7. The number of amides is 5. The summed E-state index contributed by atoms with van der Waals surface area (Å²) in [5.74, 6) is -3.67. The van der Waals surface area contributed by atoms with Crippen LogP contribution in [0.2, 0.25) is 0 Å². The van der Waals surface area contributed by atoms with Gasteiger partial charge in [0.15, 0.2) is 5.78 Å². The van der Waals surface area contributed by atoms with Gasteiger partial charge in [0, 0.05) is 116 Å². The number of unbranched alkanes of at least 4 members (excludes halogenated alkanes) is 3. The zero-order valence-electron chi connectivity index (χ0n) is 31.6. The molecule has 2 unspecified atom stereocenters. The van der Waals surface area contributed by atoms with Crippen molar-refractivity contribution in [1.82, 2.24) is 37.2 Å². The molecule has 0 heterocycles. The lowest BCUT2D eigenvalue weighted by Crippen LogP contribution is -2.46. The van der Waals surface area contributed by atoms with Crippen molar-refractivity contribution in [3.8, 4) is 0 Å². The van der Waals surface area contributed by atoms with E-state index in [1.807, 2.05) is 0 Å². The number of ketones is 2. The Morgan fingerprint density at radius 2 is 1.34 bits per heavy atom. The van der Waals surface area contributed by atoms with Crippen molar-refractivity contribution in [3.63, 3.8) is 0 Å². The van der Waals surface area contributed by atoms with E-state index in [1.54, 1.807) is 0 Å². The number of carbonyl (C=O) groups excluding carboxylic acids is 7. The summed E-state index contributed by atoms with van der Waals surface area (Å²) in [6.45, 7) is 7.78. The second-order valence-corrected chi connectivity index (χ2v) is 12.4. The highest BCUT2D eigenvalue weighted by atomic mass is 16.5. The Labute approximate surface area is 312 Å². The summed E-state index contributed by atoms with van der Waals surface area (Å²) in [5.41, 5.74) is 13.6. The summed E-state index contributed by atoms with van der Waals surface area (Å²) in [5, 5.41) is 22.9. The van der Waals surface area contributed by atoms with Gasteiger partial charge >= 0.3 is 0 Å². The number of nitrogens with one attached hydrogen (secondary N) is 7. The van der Waals surface area contributed by atoms with Crippen LogP contribution >= 0.6 is 0 Å². The van der Waals surface area contributed by atoms with Crippen LogP contribution in [0.1, 0.15) is 84.5 Å². The van der Waals surface area contributed by atoms with E-state index >= 15 is 0 Å². The Balaban J connectivity index is 4.67. The highest BCUT2D eigenvalue weighted by Gasteiger charge is 2.30. The summed E-state index contributed by atoms with van der Waals surface area (Å²) in [7, 11) is 0. The number of nitrogens with zero attached hydrogens (tertiary/aromatic N) is 3. The molecule has 0 aromatic rings. The van der Waals surface area contributed by atoms with Gasteiger partial charge < -0.3 is 47.7 Å². The molecule has 0 saturated heterocycles. The predicted molar refractivity (Wildman–Crippen MR) is 199 cm³/mol. The van der Waals surface area contributed by atoms with Gasteiger partial charge in [-0.1, -0.05) is 31.3 Å². The first kappa shape index (κ1) is 48.8. The Morgan fingerprint density at radius 1 is 0.698 bits per heavy atom. The minimum atomic E-state index is -1.19. The van der Waals surface area contributed by atoms with Gasteiger partial charge in [-0.05, 0) is 18.4 Å². The number of azide groups is 1. The smallest absolute Gasteiger partial charge is 0.224 e. The lowest BCUT2D eigenvalue weighted by atomic mass is 9.92. The van der Waals surface area contributed by atoms with E-state index in [2.05, 4.69) is 54.2 Å². The van der Waals surface area contributed by atoms with E-state index in [0.717, 1.165) is 25.7 Å². The molecule has 0 bridgehead atoms. The van der Waals surface area contributed by atoms with Crippen LogP contribution in [0.4, 0.5) is 0 Å². The fourth-order valence-corrected chi connectivity index (χ4v) is 4.91. The highest BCUT2D eigenvalue weighted by Crippen LogP contribution is 2.13. The molecule has 302 valence electrons. The number of Topliss-reactive ketones (excluding diaryl/α,β-unsaturated/α-hetero) is 2. The molecule has 19 nitrogen and oxygen atoms in total. The summed E-state index contributed by atoms with van der Waals surface area (Å²) >= 11 is 0. The summed E-state index contributed by atoms with van der Waals surface area (Å²) < 4.78 is 5.24. The molecule has 9 N–H and O–H groups in total. The van der Waals surface area contributed by atoms with Gasteiger partial charge in [0.2, 0.25) is 29.5 Å². The topological polar surface area (TPSA) is 288 Å². The first-order valence-electron chi connectivity index (χ1n) is 18.6. The maximum absolute atomic E-state index is 13.3. The summed E-state index contributed by atoms with van der Waals surface area (Å²) in [4.78, 5) is 90.2. The van der Waals surface area contributed by atoms with Gasteiger partial charge in [0.25, 0.3) is 0 Å². The standard InChI is InChI=1S/C34H63N11O8/c1-3-4-5-6-12-42-34(52)27(24-32(50)40-18-14-37-13-11-35)23-30(48)29(44-26(2)46)25-33(51)41-19-16-38-15-17-39-31(49)10-9-28(47)8-7-21-53-22-20-43-45-36/h27,29,37-38H,3-25,35H2,1-2H3,(H,39,49)(H,40,50)(H,41,51)(H,42,52)(H,44,46). The molecule has 0 rings (SSSR count). The van der Waals surface area contributed by atoms with Crippen molar-refractivity contribution >= 4 is 41.1 Å². The molecule has 19 heteroatoms. The molecule has 5 amide bonds. The van der Waals surface area contributed by atoms with Crippen LogP contribution in [0, 0.1) is 5.92 Å². The highest BCUT2D eigenvalue weighted by molar-refractivity contribution is 5.96. The zero-order chi connectivity index (χ0) is 39.5. The molecule has 0 radical (unpaired) electrons. The van der Waals surface area contributed by atoms with E-state index in [-0.39, 0.29) is 56.9 Å². The minimum Gasteiger partial charge on any atom is -0.381 e. The number of ether oxygens (including phenoxy) is 1. The van der Waals surface area contributed by atoms with Gasteiger partial charge in [0.05, 0.1) is 25.0 Å². The quantitative estimate of drug-likeness (QED) is 0.0176. The molecular formula is C34H63N11O8. The molecule has 0 aliphatic heterocycles. The van der Waals surface area contributed by atoms with Crippen molar-refractivity contribution in [2.75, 3.05) is 78.7 Å². The maximum atomic E-state index is 13.3. The predicted octanol–water partition coefficient (Wildman–Crippen LogP) is -0.514. The van der Waals surface area contributed by atoms with Gasteiger partial charge in [0.1, 0.15) is 5.78 Å². The molecule has 0 aliphatic rings. The van der Waals surface area contributed by atoms with E-state index in [0.29, 0.717) is 78.4 Å². The molecule has 0 saturated carbocycles. The molecule has 0 aromatic carbocycles. The fraction of sp³-hybridized carbons (Fsp3) is 0.794. The Kier molecular flexibility index (Phi) is 31.0. The molecule has 2 atom stereocenters.